The molecular formula is C36H52N4O2S. The van der Waals surface area contributed by atoms with Crippen molar-refractivity contribution in [2.45, 2.75) is 110 Å². The Bertz CT molecular complexity index is 1330. The minimum atomic E-state index is -0.269. The van der Waals surface area contributed by atoms with Crippen molar-refractivity contribution in [3.63, 3.8) is 0 Å². The first-order valence-electron chi connectivity index (χ1n) is 17.0. The average Bonchev–Trinajstić information content (AvgIpc) is 3.55. The van der Waals surface area contributed by atoms with Crippen LogP contribution in [0.4, 0.5) is 0 Å². The maximum Gasteiger partial charge on any atom is 0.226 e. The molecule has 2 saturated heterocycles. The van der Waals surface area contributed by atoms with Crippen LogP contribution in [0.1, 0.15) is 119 Å². The maximum absolute atomic E-state index is 13.8. The van der Waals surface area contributed by atoms with E-state index in [4.69, 9.17) is 4.98 Å². The number of ketones is 1. The molecule has 0 bridgehead atoms. The van der Waals surface area contributed by atoms with Crippen molar-refractivity contribution in [1.82, 2.24) is 19.4 Å². The number of Topliss-reactive ketones (excluding diaryl/α,β-unsaturated/α-hetero) is 1. The number of aromatic nitrogens is 2. The lowest BCUT2D eigenvalue weighted by Crippen LogP contribution is -2.48. The van der Waals surface area contributed by atoms with E-state index >= 15 is 0 Å². The molecule has 0 saturated carbocycles. The number of imidazole rings is 1. The van der Waals surface area contributed by atoms with Crippen LogP contribution < -0.4 is 0 Å². The van der Waals surface area contributed by atoms with Gasteiger partial charge in [0.25, 0.3) is 0 Å². The molecule has 2 aliphatic rings. The molecule has 0 radical (unpaired) electrons. The molecule has 1 amide bonds. The minimum absolute atomic E-state index is 0.0530. The molecule has 0 spiro atoms. The molecule has 2 aliphatic heterocycles. The van der Waals surface area contributed by atoms with Crippen LogP contribution in [0.3, 0.4) is 0 Å². The number of likely N-dealkylation sites (tertiary alicyclic amines) is 2. The van der Waals surface area contributed by atoms with Crippen molar-refractivity contribution in [3.8, 4) is 0 Å². The Hall–Kier alpha value is -2.51. The topological polar surface area (TPSA) is 58.4 Å². The smallest absolute Gasteiger partial charge is 0.226 e. The second-order valence-electron chi connectivity index (χ2n) is 13.3. The monoisotopic (exact) mass is 604 g/mol. The van der Waals surface area contributed by atoms with Gasteiger partial charge in [0.2, 0.25) is 5.91 Å². The summed E-state index contributed by atoms with van der Waals surface area (Å²) >= 11 is 1.76. The molecule has 2 fully saturated rings. The van der Waals surface area contributed by atoms with E-state index in [1.807, 2.05) is 12.1 Å². The number of thiophene rings is 1. The zero-order valence-electron chi connectivity index (χ0n) is 26.9. The average molecular weight is 605 g/mol. The second kappa shape index (κ2) is 15.0. The Labute approximate surface area is 262 Å². The molecule has 234 valence electrons. The molecule has 6 nitrogen and oxygen atoms in total. The van der Waals surface area contributed by atoms with E-state index < -0.39 is 0 Å². The van der Waals surface area contributed by atoms with Gasteiger partial charge < -0.3 is 14.4 Å². The van der Waals surface area contributed by atoms with Crippen LogP contribution in [0, 0.1) is 11.8 Å². The third kappa shape index (κ3) is 7.78. The third-order valence-electron chi connectivity index (χ3n) is 9.77. The van der Waals surface area contributed by atoms with E-state index in [1.165, 1.54) is 43.6 Å². The summed E-state index contributed by atoms with van der Waals surface area (Å²) < 4.78 is 2.39. The van der Waals surface area contributed by atoms with Crippen molar-refractivity contribution < 1.29 is 9.59 Å². The fraction of sp³-hybridized carbons (Fsp3) is 0.639. The number of hydrogen-bond acceptors (Lipinski definition) is 5. The lowest BCUT2D eigenvalue weighted by molar-refractivity contribution is -0.137. The zero-order valence-corrected chi connectivity index (χ0v) is 27.7. The van der Waals surface area contributed by atoms with Crippen LogP contribution >= 0.6 is 11.3 Å². The normalized spacial score (nSPS) is 18.0. The van der Waals surface area contributed by atoms with Crippen molar-refractivity contribution in [2.24, 2.45) is 11.8 Å². The number of amides is 1. The van der Waals surface area contributed by atoms with E-state index in [0.717, 1.165) is 68.5 Å². The Morgan fingerprint density at radius 3 is 2.33 bits per heavy atom. The summed E-state index contributed by atoms with van der Waals surface area (Å²) in [6.07, 6.45) is 11.3. The lowest BCUT2D eigenvalue weighted by Gasteiger charge is -2.39. The summed E-state index contributed by atoms with van der Waals surface area (Å²) in [5, 5.41) is 2.11. The molecule has 1 atom stereocenters. The standard InChI is InChI=1S/C36H52N4O2S/c1-5-29(6-2)40-33-14-13-27(23-32(33)37-35(40)25-31-12-11-21-43-31)34(41)24-28(22-26(3)4)36(42)39-19-15-30(16-20-39)38-17-9-7-8-10-18-38/h11-14,21,23,26,28-30H,5-10,15-20,22,24-25H2,1-4H3/t28-/m1/s1. The van der Waals surface area contributed by atoms with Crippen LogP contribution in [-0.4, -0.2) is 63.3 Å². The van der Waals surface area contributed by atoms with Gasteiger partial charge in [-0.15, -0.1) is 11.3 Å². The molecule has 5 rings (SSSR count). The highest BCUT2D eigenvalue weighted by Crippen LogP contribution is 2.30. The van der Waals surface area contributed by atoms with Crippen molar-refractivity contribution >= 4 is 34.1 Å². The molecule has 43 heavy (non-hydrogen) atoms. The fourth-order valence-electron chi connectivity index (χ4n) is 7.43. The molecule has 0 aliphatic carbocycles. The zero-order chi connectivity index (χ0) is 30.3. The van der Waals surface area contributed by atoms with Crippen LogP contribution in [0.15, 0.2) is 35.7 Å². The number of benzene rings is 1. The SMILES string of the molecule is CCC(CC)n1c(Cc2cccs2)nc2cc(C(=O)C[C@@H](CC(C)C)C(=O)N3CCC(N4CCCCCC4)CC3)ccc21. The van der Waals surface area contributed by atoms with E-state index in [1.54, 1.807) is 11.3 Å². The first-order valence-corrected chi connectivity index (χ1v) is 17.8. The van der Waals surface area contributed by atoms with Gasteiger partial charge in [-0.1, -0.05) is 46.6 Å². The predicted molar refractivity (Wildman–Crippen MR) is 178 cm³/mol. The molecule has 0 unspecified atom stereocenters. The van der Waals surface area contributed by atoms with Crippen LogP contribution in [0.5, 0.6) is 0 Å². The number of carbonyl (C=O) groups excluding carboxylic acids is 2. The Morgan fingerprint density at radius 1 is 0.977 bits per heavy atom. The number of piperidine rings is 1. The number of hydrogen-bond donors (Lipinski definition) is 0. The molecular weight excluding hydrogens is 552 g/mol. The molecule has 0 N–H and O–H groups in total. The highest BCUT2D eigenvalue weighted by molar-refractivity contribution is 7.09. The number of carbonyl (C=O) groups is 2. The maximum atomic E-state index is 13.8. The first-order chi connectivity index (χ1) is 20.9. The Morgan fingerprint density at radius 2 is 1.70 bits per heavy atom. The van der Waals surface area contributed by atoms with Gasteiger partial charge in [-0.25, -0.2) is 4.98 Å². The number of rotatable bonds is 12. The second-order valence-corrected chi connectivity index (χ2v) is 14.3. The van der Waals surface area contributed by atoms with E-state index in [2.05, 4.69) is 65.6 Å². The molecule has 1 aromatic carbocycles. The van der Waals surface area contributed by atoms with Crippen LogP contribution in [0.2, 0.25) is 0 Å². The minimum Gasteiger partial charge on any atom is -0.342 e. The number of fused-ring (bicyclic) bond motifs is 1. The largest absolute Gasteiger partial charge is 0.342 e. The summed E-state index contributed by atoms with van der Waals surface area (Å²) in [6, 6.07) is 11.2. The van der Waals surface area contributed by atoms with E-state index in [0.29, 0.717) is 23.6 Å². The Kier molecular flexibility index (Phi) is 11.1. The number of nitrogens with zero attached hydrogens (tertiary/aromatic N) is 4. The van der Waals surface area contributed by atoms with E-state index in [-0.39, 0.29) is 24.0 Å². The van der Waals surface area contributed by atoms with Crippen molar-refractivity contribution in [3.05, 3.63) is 52.0 Å². The predicted octanol–water partition coefficient (Wildman–Crippen LogP) is 8.15. The highest BCUT2D eigenvalue weighted by atomic mass is 32.1. The third-order valence-corrected chi connectivity index (χ3v) is 10.7. The van der Waals surface area contributed by atoms with E-state index in [9.17, 15) is 9.59 Å². The lowest BCUT2D eigenvalue weighted by atomic mass is 9.88. The Balaban J connectivity index is 1.30. The summed E-state index contributed by atoms with van der Waals surface area (Å²) in [7, 11) is 0. The molecule has 2 aromatic heterocycles. The van der Waals surface area contributed by atoms with Gasteiger partial charge in [0.05, 0.1) is 11.0 Å². The van der Waals surface area contributed by atoms with Crippen molar-refractivity contribution in [2.75, 3.05) is 26.2 Å². The highest BCUT2D eigenvalue weighted by Gasteiger charge is 2.32. The quantitative estimate of drug-likeness (QED) is 0.196. The summed E-state index contributed by atoms with van der Waals surface area (Å²) in [6.45, 7) is 12.8. The first kappa shape index (κ1) is 31.9. The van der Waals surface area contributed by atoms with Gasteiger partial charge in [0.1, 0.15) is 5.82 Å². The van der Waals surface area contributed by atoms with Gasteiger partial charge in [-0.2, -0.15) is 0 Å². The molecule has 4 heterocycles. The van der Waals surface area contributed by atoms with Crippen molar-refractivity contribution in [1.29, 1.82) is 0 Å². The van der Waals surface area contributed by atoms with Gasteiger partial charge in [0.15, 0.2) is 5.78 Å². The van der Waals surface area contributed by atoms with Gasteiger partial charge in [0, 0.05) is 54.4 Å². The van der Waals surface area contributed by atoms with Gasteiger partial charge in [-0.3, -0.25) is 9.59 Å². The fourth-order valence-corrected chi connectivity index (χ4v) is 8.13. The van der Waals surface area contributed by atoms with Crippen LogP contribution in [-0.2, 0) is 11.2 Å². The summed E-state index contributed by atoms with van der Waals surface area (Å²) in [4.78, 5) is 38.7. The van der Waals surface area contributed by atoms with Gasteiger partial charge >= 0.3 is 0 Å². The van der Waals surface area contributed by atoms with Gasteiger partial charge in [-0.05, 0) is 93.6 Å². The molecule has 7 heteroatoms. The molecule has 3 aromatic rings. The summed E-state index contributed by atoms with van der Waals surface area (Å²) in [5.74, 6) is 1.38. The van der Waals surface area contributed by atoms with Crippen LogP contribution in [0.25, 0.3) is 11.0 Å². The summed E-state index contributed by atoms with van der Waals surface area (Å²) in [5.41, 5.74) is 2.65.